The van der Waals surface area contributed by atoms with Crippen LogP contribution in [0.15, 0.2) is 22.3 Å². The van der Waals surface area contributed by atoms with Gasteiger partial charge in [0, 0.05) is 4.88 Å². The summed E-state index contributed by atoms with van der Waals surface area (Å²) in [6, 6.07) is 3.52. The predicted octanol–water partition coefficient (Wildman–Crippen LogP) is 4.09. The van der Waals surface area contributed by atoms with Gasteiger partial charge in [-0.3, -0.25) is 4.79 Å². The average Bonchev–Trinajstić information content (AvgIpc) is 3.21. The topological polar surface area (TPSA) is 72.0 Å². The van der Waals surface area contributed by atoms with E-state index in [1.807, 2.05) is 5.38 Å². The van der Waals surface area contributed by atoms with Crippen molar-refractivity contribution in [1.29, 1.82) is 0 Å². The Hall–Kier alpha value is -1.99. The molecule has 0 unspecified atom stereocenters. The van der Waals surface area contributed by atoms with Gasteiger partial charge >= 0.3 is 5.97 Å². The number of fused-ring (bicyclic) bond motifs is 3. The van der Waals surface area contributed by atoms with Gasteiger partial charge in [-0.05, 0) is 49.1 Å². The first-order chi connectivity index (χ1) is 12.0. The smallest absolute Gasteiger partial charge is 0.349 e. The number of carbonyl (C=O) groups excluding carboxylic acids is 1. The van der Waals surface area contributed by atoms with Crippen LogP contribution in [0.1, 0.15) is 52.3 Å². The molecule has 3 aromatic heterocycles. The summed E-state index contributed by atoms with van der Waals surface area (Å²) in [5.41, 5.74) is 1.02. The monoisotopic (exact) mass is 374 g/mol. The van der Waals surface area contributed by atoms with Crippen LogP contribution in [0.2, 0.25) is 0 Å². The van der Waals surface area contributed by atoms with Crippen molar-refractivity contribution in [3.8, 4) is 0 Å². The van der Waals surface area contributed by atoms with Gasteiger partial charge in [0.15, 0.2) is 11.9 Å². The SMILES string of the molecule is C[C@H]1CCc2c(sc3nc([C@H](C)OC(=O)c4cccs4)[nH]c(=O)c23)C1. The number of ether oxygens (including phenoxy) is 1. The molecule has 2 atom stereocenters. The van der Waals surface area contributed by atoms with Crippen molar-refractivity contribution >= 4 is 38.9 Å². The van der Waals surface area contributed by atoms with Crippen LogP contribution in [0.5, 0.6) is 0 Å². The average molecular weight is 374 g/mol. The molecule has 1 aliphatic carbocycles. The molecule has 7 heteroatoms. The summed E-state index contributed by atoms with van der Waals surface area (Å²) in [6.07, 6.45) is 2.44. The second-order valence-corrected chi connectivity index (χ2v) is 8.54. The first kappa shape index (κ1) is 16.5. The zero-order chi connectivity index (χ0) is 17.6. The van der Waals surface area contributed by atoms with E-state index in [1.165, 1.54) is 16.2 Å². The van der Waals surface area contributed by atoms with Crippen molar-refractivity contribution < 1.29 is 9.53 Å². The molecule has 0 aliphatic heterocycles. The van der Waals surface area contributed by atoms with Crippen LogP contribution < -0.4 is 5.56 Å². The van der Waals surface area contributed by atoms with Crippen LogP contribution in [-0.2, 0) is 17.6 Å². The molecule has 0 saturated heterocycles. The maximum Gasteiger partial charge on any atom is 0.349 e. The number of esters is 1. The maximum atomic E-state index is 12.6. The Kier molecular flexibility index (Phi) is 4.21. The number of hydrogen-bond donors (Lipinski definition) is 1. The summed E-state index contributed by atoms with van der Waals surface area (Å²) in [5.74, 6) is 0.642. The number of nitrogens with zero attached hydrogens (tertiary/aromatic N) is 1. The molecule has 0 fully saturated rings. The number of H-pyrrole nitrogens is 1. The van der Waals surface area contributed by atoms with Gasteiger partial charge < -0.3 is 9.72 Å². The fourth-order valence-electron chi connectivity index (χ4n) is 3.23. The predicted molar refractivity (Wildman–Crippen MR) is 99.6 cm³/mol. The highest BCUT2D eigenvalue weighted by Gasteiger charge is 2.24. The van der Waals surface area contributed by atoms with Gasteiger partial charge in [0.25, 0.3) is 5.56 Å². The number of hydrogen-bond acceptors (Lipinski definition) is 6. The third kappa shape index (κ3) is 3.02. The zero-order valence-corrected chi connectivity index (χ0v) is 15.6. The van der Waals surface area contributed by atoms with Crippen LogP contribution in [-0.4, -0.2) is 15.9 Å². The van der Waals surface area contributed by atoms with Gasteiger partial charge in [0.1, 0.15) is 9.71 Å². The van der Waals surface area contributed by atoms with Gasteiger partial charge in [-0.15, -0.1) is 22.7 Å². The van der Waals surface area contributed by atoms with E-state index in [4.69, 9.17) is 4.74 Å². The summed E-state index contributed by atoms with van der Waals surface area (Å²) in [5, 5.41) is 2.54. The lowest BCUT2D eigenvalue weighted by molar-refractivity contribution is 0.0326. The Balaban J connectivity index is 1.67. The van der Waals surface area contributed by atoms with Crippen molar-refractivity contribution in [3.05, 3.63) is 49.0 Å². The summed E-state index contributed by atoms with van der Waals surface area (Å²) >= 11 is 2.92. The molecule has 0 bridgehead atoms. The second kappa shape index (κ2) is 6.38. The maximum absolute atomic E-state index is 12.6. The van der Waals surface area contributed by atoms with E-state index in [0.717, 1.165) is 29.7 Å². The van der Waals surface area contributed by atoms with Crippen LogP contribution in [0.3, 0.4) is 0 Å². The van der Waals surface area contributed by atoms with Crippen LogP contribution in [0, 0.1) is 5.92 Å². The van der Waals surface area contributed by atoms with Crippen molar-refractivity contribution in [2.45, 2.75) is 39.2 Å². The van der Waals surface area contributed by atoms with Crippen LogP contribution >= 0.6 is 22.7 Å². The van der Waals surface area contributed by atoms with Crippen molar-refractivity contribution in [2.75, 3.05) is 0 Å². The quantitative estimate of drug-likeness (QED) is 0.701. The molecule has 3 heterocycles. The number of carbonyl (C=O) groups is 1. The Morgan fingerprint density at radius 2 is 2.32 bits per heavy atom. The lowest BCUT2D eigenvalue weighted by Gasteiger charge is -2.17. The Labute approximate surface area is 152 Å². The third-order valence-corrected chi connectivity index (χ3v) is 6.57. The molecule has 25 heavy (non-hydrogen) atoms. The molecule has 0 aromatic carbocycles. The normalized spacial score (nSPS) is 18.1. The number of thiophene rings is 2. The number of aromatic nitrogens is 2. The Morgan fingerprint density at radius 3 is 3.08 bits per heavy atom. The summed E-state index contributed by atoms with van der Waals surface area (Å²) in [4.78, 5) is 34.7. The lowest BCUT2D eigenvalue weighted by atomic mass is 9.89. The van der Waals surface area contributed by atoms with Gasteiger partial charge in [-0.1, -0.05) is 13.0 Å². The number of aryl methyl sites for hydroxylation is 1. The number of aromatic amines is 1. The Bertz CT molecular complexity index is 988. The van der Waals surface area contributed by atoms with E-state index >= 15 is 0 Å². The minimum atomic E-state index is -0.607. The van der Waals surface area contributed by atoms with Crippen molar-refractivity contribution in [2.24, 2.45) is 5.92 Å². The highest BCUT2D eigenvalue weighted by atomic mass is 32.1. The molecular weight excluding hydrogens is 356 g/mol. The molecule has 5 nitrogen and oxygen atoms in total. The number of nitrogens with one attached hydrogen (secondary N) is 1. The van der Waals surface area contributed by atoms with E-state index in [-0.39, 0.29) is 5.56 Å². The summed E-state index contributed by atoms with van der Waals surface area (Å²) in [6.45, 7) is 3.97. The number of rotatable bonds is 3. The second-order valence-electron chi connectivity index (χ2n) is 6.51. The molecule has 0 amide bonds. The van der Waals surface area contributed by atoms with E-state index in [2.05, 4.69) is 16.9 Å². The molecule has 4 rings (SSSR count). The molecule has 0 radical (unpaired) electrons. The molecule has 1 N–H and O–H groups in total. The lowest BCUT2D eigenvalue weighted by Crippen LogP contribution is -2.18. The van der Waals surface area contributed by atoms with Crippen molar-refractivity contribution in [3.63, 3.8) is 0 Å². The van der Waals surface area contributed by atoms with Gasteiger partial charge in [-0.2, -0.15) is 0 Å². The van der Waals surface area contributed by atoms with E-state index < -0.39 is 12.1 Å². The zero-order valence-electron chi connectivity index (χ0n) is 14.0. The largest absolute Gasteiger partial charge is 0.450 e. The van der Waals surface area contributed by atoms with E-state index in [1.54, 1.807) is 30.4 Å². The highest BCUT2D eigenvalue weighted by Crippen LogP contribution is 2.36. The third-order valence-electron chi connectivity index (χ3n) is 4.58. The first-order valence-electron chi connectivity index (χ1n) is 8.32. The summed E-state index contributed by atoms with van der Waals surface area (Å²) < 4.78 is 5.45. The fraction of sp³-hybridized carbons (Fsp3) is 0.389. The molecular formula is C18H18N2O3S2. The first-order valence-corrected chi connectivity index (χ1v) is 10.0. The van der Waals surface area contributed by atoms with Gasteiger partial charge in [0.2, 0.25) is 0 Å². The minimum absolute atomic E-state index is 0.133. The highest BCUT2D eigenvalue weighted by molar-refractivity contribution is 7.18. The van der Waals surface area contributed by atoms with E-state index in [0.29, 0.717) is 22.0 Å². The van der Waals surface area contributed by atoms with Crippen LogP contribution in [0.25, 0.3) is 10.2 Å². The fourth-order valence-corrected chi connectivity index (χ4v) is 5.22. The van der Waals surface area contributed by atoms with Crippen molar-refractivity contribution in [1.82, 2.24) is 9.97 Å². The molecule has 3 aromatic rings. The van der Waals surface area contributed by atoms with Crippen LogP contribution in [0.4, 0.5) is 0 Å². The minimum Gasteiger partial charge on any atom is -0.450 e. The van der Waals surface area contributed by atoms with E-state index in [9.17, 15) is 9.59 Å². The molecule has 0 saturated carbocycles. The van der Waals surface area contributed by atoms with Gasteiger partial charge in [-0.25, -0.2) is 9.78 Å². The van der Waals surface area contributed by atoms with Gasteiger partial charge in [0.05, 0.1) is 5.39 Å². The standard InChI is InChI=1S/C18H18N2O3S2/c1-9-5-6-11-13(8-9)25-17-14(11)16(21)19-15(20-17)10(2)23-18(22)12-4-3-7-24-12/h3-4,7,9-10H,5-6,8H2,1-2H3,(H,19,20,21)/t9-,10-/m0/s1. The molecule has 130 valence electrons. The Morgan fingerprint density at radius 1 is 1.48 bits per heavy atom. The molecule has 0 spiro atoms. The molecule has 1 aliphatic rings. The summed E-state index contributed by atoms with van der Waals surface area (Å²) in [7, 11) is 0.